The Morgan fingerprint density at radius 3 is 3.05 bits per heavy atom. The van der Waals surface area contributed by atoms with Crippen molar-refractivity contribution in [2.45, 2.75) is 32.2 Å². The van der Waals surface area contributed by atoms with E-state index in [2.05, 4.69) is 11.1 Å². The van der Waals surface area contributed by atoms with Gasteiger partial charge < -0.3 is 4.90 Å². The Balaban J connectivity index is 1.52. The molecular formula is C16H20N2O2S2. The standard InChI is InChI=1S/C16H20N2O2S2/c1-12-11-22(20)10-9-18(12)16(19)8-4-7-15-17-13-5-2-3-6-14(13)21-15/h2-3,5-6,12H,4,7-11H2,1H3/t12-,22-/m1/s1. The number of carbonyl (C=O) groups is 1. The quantitative estimate of drug-likeness (QED) is 0.862. The number of hydrogen-bond acceptors (Lipinski definition) is 4. The average molecular weight is 336 g/mol. The minimum Gasteiger partial charge on any atom is -0.338 e. The number of amides is 1. The van der Waals surface area contributed by atoms with Gasteiger partial charge in [0.15, 0.2) is 0 Å². The highest BCUT2D eigenvalue weighted by Crippen LogP contribution is 2.23. The maximum absolute atomic E-state index is 12.3. The lowest BCUT2D eigenvalue weighted by atomic mass is 10.2. The van der Waals surface area contributed by atoms with Crippen LogP contribution in [0.3, 0.4) is 0 Å². The lowest BCUT2D eigenvalue weighted by Gasteiger charge is -2.33. The molecule has 118 valence electrons. The lowest BCUT2D eigenvalue weighted by Crippen LogP contribution is -2.48. The van der Waals surface area contributed by atoms with E-state index in [9.17, 15) is 9.00 Å². The van der Waals surface area contributed by atoms with Gasteiger partial charge in [-0.25, -0.2) is 4.98 Å². The molecule has 0 bridgehead atoms. The summed E-state index contributed by atoms with van der Waals surface area (Å²) in [5, 5.41) is 1.10. The number of para-hydroxylation sites is 1. The van der Waals surface area contributed by atoms with E-state index in [0.717, 1.165) is 23.4 Å². The number of benzene rings is 1. The second-order valence-electron chi connectivity index (χ2n) is 5.68. The molecule has 1 aliphatic heterocycles. The van der Waals surface area contributed by atoms with Gasteiger partial charge in [-0.1, -0.05) is 12.1 Å². The van der Waals surface area contributed by atoms with Gasteiger partial charge >= 0.3 is 0 Å². The summed E-state index contributed by atoms with van der Waals surface area (Å²) in [4.78, 5) is 18.8. The highest BCUT2D eigenvalue weighted by molar-refractivity contribution is 7.85. The number of fused-ring (bicyclic) bond motifs is 1. The molecule has 6 heteroatoms. The molecule has 0 radical (unpaired) electrons. The molecule has 0 unspecified atom stereocenters. The van der Waals surface area contributed by atoms with Crippen LogP contribution < -0.4 is 0 Å². The molecule has 1 saturated heterocycles. The fraction of sp³-hybridized carbons (Fsp3) is 0.500. The van der Waals surface area contributed by atoms with E-state index in [1.165, 1.54) is 4.70 Å². The minimum atomic E-state index is -0.754. The molecule has 3 rings (SSSR count). The second-order valence-corrected chi connectivity index (χ2v) is 8.41. The Morgan fingerprint density at radius 2 is 2.27 bits per heavy atom. The zero-order valence-electron chi connectivity index (χ0n) is 12.7. The van der Waals surface area contributed by atoms with Crippen molar-refractivity contribution >= 4 is 38.3 Å². The van der Waals surface area contributed by atoms with Gasteiger partial charge in [-0.3, -0.25) is 9.00 Å². The highest BCUT2D eigenvalue weighted by Gasteiger charge is 2.26. The molecule has 2 atom stereocenters. The number of thiazole rings is 1. The summed E-state index contributed by atoms with van der Waals surface area (Å²) in [6.45, 7) is 2.62. The van der Waals surface area contributed by atoms with Crippen molar-refractivity contribution < 1.29 is 9.00 Å². The molecule has 1 aliphatic rings. The van der Waals surface area contributed by atoms with E-state index in [0.29, 0.717) is 24.5 Å². The molecule has 1 amide bonds. The Morgan fingerprint density at radius 1 is 1.45 bits per heavy atom. The first kappa shape index (κ1) is 15.6. The van der Waals surface area contributed by atoms with Crippen molar-refractivity contribution in [2.24, 2.45) is 0 Å². The number of aryl methyl sites for hydroxylation is 1. The van der Waals surface area contributed by atoms with Crippen molar-refractivity contribution in [1.29, 1.82) is 0 Å². The number of rotatable bonds is 4. The van der Waals surface area contributed by atoms with Crippen LogP contribution in [0.2, 0.25) is 0 Å². The first-order chi connectivity index (χ1) is 10.6. The molecule has 22 heavy (non-hydrogen) atoms. The summed E-state index contributed by atoms with van der Waals surface area (Å²) in [5.41, 5.74) is 1.04. The van der Waals surface area contributed by atoms with Crippen molar-refractivity contribution in [3.05, 3.63) is 29.3 Å². The third kappa shape index (κ3) is 3.55. The van der Waals surface area contributed by atoms with Gasteiger partial charge in [0.25, 0.3) is 0 Å². The SMILES string of the molecule is C[C@@H]1C[S@](=O)CCN1C(=O)CCCc1nc2ccccc2s1. The molecule has 0 spiro atoms. The van der Waals surface area contributed by atoms with Crippen LogP contribution in [0.1, 0.15) is 24.8 Å². The summed E-state index contributed by atoms with van der Waals surface area (Å²) < 4.78 is 12.7. The van der Waals surface area contributed by atoms with Gasteiger partial charge in [0.05, 0.1) is 15.2 Å². The molecule has 4 nitrogen and oxygen atoms in total. The van der Waals surface area contributed by atoms with Gasteiger partial charge in [0, 0.05) is 41.3 Å². The first-order valence-corrected chi connectivity index (χ1v) is 9.93. The molecule has 1 fully saturated rings. The molecule has 0 N–H and O–H groups in total. The van der Waals surface area contributed by atoms with Crippen molar-refractivity contribution in [2.75, 3.05) is 18.1 Å². The molecule has 1 aromatic carbocycles. The van der Waals surface area contributed by atoms with Crippen molar-refractivity contribution in [3.8, 4) is 0 Å². The van der Waals surface area contributed by atoms with Crippen LogP contribution in [-0.2, 0) is 22.0 Å². The predicted molar refractivity (Wildman–Crippen MR) is 91.6 cm³/mol. The fourth-order valence-electron chi connectivity index (χ4n) is 2.79. The molecular weight excluding hydrogens is 316 g/mol. The number of carbonyl (C=O) groups excluding carboxylic acids is 1. The summed E-state index contributed by atoms with van der Waals surface area (Å²) in [7, 11) is -0.754. The summed E-state index contributed by atoms with van der Waals surface area (Å²) in [5.74, 6) is 1.42. The molecule has 1 aromatic heterocycles. The highest BCUT2D eigenvalue weighted by atomic mass is 32.2. The Kier molecular flexibility index (Phi) is 4.88. The van der Waals surface area contributed by atoms with Gasteiger partial charge in [0.1, 0.15) is 0 Å². The number of aromatic nitrogens is 1. The van der Waals surface area contributed by atoms with Crippen molar-refractivity contribution in [1.82, 2.24) is 9.88 Å². The van der Waals surface area contributed by atoms with Crippen LogP contribution in [0.15, 0.2) is 24.3 Å². The zero-order chi connectivity index (χ0) is 15.5. The van der Waals surface area contributed by atoms with Crippen molar-refractivity contribution in [3.63, 3.8) is 0 Å². The largest absolute Gasteiger partial charge is 0.338 e. The van der Waals surface area contributed by atoms with Crippen LogP contribution in [-0.4, -0.2) is 44.1 Å². The number of hydrogen-bond donors (Lipinski definition) is 0. The summed E-state index contributed by atoms with van der Waals surface area (Å²) in [6, 6.07) is 8.23. The molecule has 2 aromatic rings. The smallest absolute Gasteiger partial charge is 0.222 e. The maximum Gasteiger partial charge on any atom is 0.222 e. The van der Waals surface area contributed by atoms with Crippen LogP contribution in [0.5, 0.6) is 0 Å². The van der Waals surface area contributed by atoms with Crippen LogP contribution in [0.4, 0.5) is 0 Å². The minimum absolute atomic E-state index is 0.101. The van der Waals surface area contributed by atoms with Crippen LogP contribution in [0, 0.1) is 0 Å². The normalized spacial score (nSPS) is 22.1. The van der Waals surface area contributed by atoms with E-state index < -0.39 is 10.8 Å². The molecule has 0 aliphatic carbocycles. The van der Waals surface area contributed by atoms with E-state index in [1.807, 2.05) is 30.0 Å². The van der Waals surface area contributed by atoms with E-state index in [-0.39, 0.29) is 11.9 Å². The van der Waals surface area contributed by atoms with Gasteiger partial charge in [-0.15, -0.1) is 11.3 Å². The predicted octanol–water partition coefficient (Wildman–Crippen LogP) is 2.60. The second kappa shape index (κ2) is 6.87. The number of nitrogens with zero attached hydrogens (tertiary/aromatic N) is 2. The van der Waals surface area contributed by atoms with Gasteiger partial charge in [0.2, 0.25) is 5.91 Å². The maximum atomic E-state index is 12.3. The Bertz CT molecular complexity index is 665. The third-order valence-corrected chi connectivity index (χ3v) is 6.55. The van der Waals surface area contributed by atoms with Crippen LogP contribution in [0.25, 0.3) is 10.2 Å². The van der Waals surface area contributed by atoms with Gasteiger partial charge in [-0.2, -0.15) is 0 Å². The molecule has 2 heterocycles. The monoisotopic (exact) mass is 336 g/mol. The van der Waals surface area contributed by atoms with Gasteiger partial charge in [-0.05, 0) is 31.9 Å². The third-order valence-electron chi connectivity index (χ3n) is 3.96. The van der Waals surface area contributed by atoms with Crippen LogP contribution >= 0.6 is 11.3 Å². The van der Waals surface area contributed by atoms with E-state index in [1.54, 1.807) is 11.3 Å². The molecule has 0 saturated carbocycles. The Labute approximate surface area is 137 Å². The summed E-state index contributed by atoms with van der Waals surface area (Å²) >= 11 is 1.71. The first-order valence-electron chi connectivity index (χ1n) is 7.62. The topological polar surface area (TPSA) is 50.3 Å². The van der Waals surface area contributed by atoms with E-state index in [4.69, 9.17) is 0 Å². The van der Waals surface area contributed by atoms with E-state index >= 15 is 0 Å². The lowest BCUT2D eigenvalue weighted by molar-refractivity contribution is -0.132. The zero-order valence-corrected chi connectivity index (χ0v) is 14.3. The summed E-state index contributed by atoms with van der Waals surface area (Å²) in [6.07, 6.45) is 2.22. The Hall–Kier alpha value is -1.27. The fourth-order valence-corrected chi connectivity index (χ4v) is 5.09. The average Bonchev–Trinajstić information content (AvgIpc) is 2.89.